The molecule has 2 aromatic carbocycles. The number of hydrogen-bond acceptors (Lipinski definition) is 4. The van der Waals surface area contributed by atoms with Crippen LogP contribution in [0, 0.1) is 6.92 Å². The van der Waals surface area contributed by atoms with Crippen molar-refractivity contribution in [3.05, 3.63) is 100 Å². The Hall–Kier alpha value is -4.39. The molecule has 0 aliphatic heterocycles. The Kier molecular flexibility index (Phi) is 5.17. The highest BCUT2D eigenvalue weighted by Crippen LogP contribution is 2.29. The van der Waals surface area contributed by atoms with E-state index in [4.69, 9.17) is 0 Å². The van der Waals surface area contributed by atoms with Gasteiger partial charge in [-0.2, -0.15) is 0 Å². The largest absolute Gasteiger partial charge is 0.478 e. The van der Waals surface area contributed by atoms with Crippen LogP contribution in [0.25, 0.3) is 27.5 Å². The predicted molar refractivity (Wildman–Crippen MR) is 134 cm³/mol. The van der Waals surface area contributed by atoms with E-state index in [9.17, 15) is 14.7 Å². The molecule has 0 saturated heterocycles. The van der Waals surface area contributed by atoms with Gasteiger partial charge in [0.2, 0.25) is 0 Å². The summed E-state index contributed by atoms with van der Waals surface area (Å²) in [6.07, 6.45) is 4.00. The molecule has 0 bridgehead atoms. The molecule has 7 nitrogen and oxygen atoms in total. The summed E-state index contributed by atoms with van der Waals surface area (Å²) in [5.41, 5.74) is 2.51. The maximum Gasteiger partial charge on any atom is 0.337 e. The van der Waals surface area contributed by atoms with Crippen molar-refractivity contribution in [2.75, 3.05) is 5.32 Å². The van der Waals surface area contributed by atoms with Gasteiger partial charge in [0, 0.05) is 42.3 Å². The zero-order valence-electron chi connectivity index (χ0n) is 19.1. The first-order valence-corrected chi connectivity index (χ1v) is 11.0. The van der Waals surface area contributed by atoms with Crippen molar-refractivity contribution in [1.29, 1.82) is 0 Å². The van der Waals surface area contributed by atoms with Gasteiger partial charge in [-0.05, 0) is 54.4 Å². The number of carboxylic acids is 1. The van der Waals surface area contributed by atoms with Crippen molar-refractivity contribution < 1.29 is 9.90 Å². The monoisotopic (exact) mass is 452 g/mol. The summed E-state index contributed by atoms with van der Waals surface area (Å²) in [4.78, 5) is 29.6. The highest BCUT2D eigenvalue weighted by Gasteiger charge is 2.19. The number of aryl methyl sites for hydroxylation is 1. The van der Waals surface area contributed by atoms with Gasteiger partial charge in [-0.25, -0.2) is 9.78 Å². The molecule has 5 aromatic rings. The Balaban J connectivity index is 1.68. The number of aromatic carboxylic acids is 1. The topological polar surface area (TPSA) is 89.1 Å². The van der Waals surface area contributed by atoms with Crippen LogP contribution in [-0.4, -0.2) is 25.2 Å². The van der Waals surface area contributed by atoms with Gasteiger partial charge in [-0.1, -0.05) is 36.4 Å². The second-order valence-corrected chi connectivity index (χ2v) is 8.49. The normalized spacial score (nSPS) is 12.2. The van der Waals surface area contributed by atoms with Crippen LogP contribution >= 0.6 is 0 Å². The summed E-state index contributed by atoms with van der Waals surface area (Å²) in [5, 5.41) is 15.8. The number of aromatic nitrogens is 3. The highest BCUT2D eigenvalue weighted by molar-refractivity contribution is 5.94. The molecule has 1 atom stereocenters. The summed E-state index contributed by atoms with van der Waals surface area (Å²) in [5.74, 6) is -0.277. The molecule has 170 valence electrons. The number of hydrogen-bond donors (Lipinski definition) is 2. The van der Waals surface area contributed by atoms with Crippen molar-refractivity contribution in [3.8, 4) is 5.82 Å². The lowest BCUT2D eigenvalue weighted by atomic mass is 10.0. The van der Waals surface area contributed by atoms with Gasteiger partial charge >= 0.3 is 5.97 Å². The summed E-state index contributed by atoms with van der Waals surface area (Å²) in [6, 6.07) is 18.5. The maximum atomic E-state index is 13.4. The Morgan fingerprint density at radius 1 is 1.03 bits per heavy atom. The van der Waals surface area contributed by atoms with Crippen molar-refractivity contribution in [1.82, 2.24) is 14.1 Å². The van der Waals surface area contributed by atoms with Crippen molar-refractivity contribution >= 4 is 33.3 Å². The number of anilines is 1. The van der Waals surface area contributed by atoms with E-state index in [1.807, 2.05) is 67.2 Å². The van der Waals surface area contributed by atoms with E-state index in [0.29, 0.717) is 11.2 Å². The van der Waals surface area contributed by atoms with Crippen LogP contribution in [0.15, 0.2) is 77.9 Å². The smallest absolute Gasteiger partial charge is 0.337 e. The van der Waals surface area contributed by atoms with Gasteiger partial charge in [0.05, 0.1) is 5.56 Å². The Morgan fingerprint density at radius 2 is 1.68 bits per heavy atom. The lowest BCUT2D eigenvalue weighted by Gasteiger charge is -2.20. The molecule has 3 aromatic heterocycles. The third-order valence-corrected chi connectivity index (χ3v) is 6.16. The molecule has 0 radical (unpaired) electrons. The molecule has 3 heterocycles. The average Bonchev–Trinajstić information content (AvgIpc) is 3.25. The number of carboxylic acid groups (broad SMARTS) is 1. The summed E-state index contributed by atoms with van der Waals surface area (Å²) in [6.45, 7) is 3.81. The van der Waals surface area contributed by atoms with Gasteiger partial charge in [-0.3, -0.25) is 9.36 Å². The van der Waals surface area contributed by atoms with Crippen LogP contribution in [0.3, 0.4) is 0 Å². The minimum Gasteiger partial charge on any atom is -0.478 e. The molecule has 0 aliphatic carbocycles. The molecule has 0 aliphatic rings. The van der Waals surface area contributed by atoms with Crippen LogP contribution in [0.2, 0.25) is 0 Å². The number of nitrogens with one attached hydrogen (secondary N) is 1. The molecule has 0 saturated carbocycles. The second kappa shape index (κ2) is 8.19. The lowest BCUT2D eigenvalue weighted by molar-refractivity contribution is 0.0698. The lowest BCUT2D eigenvalue weighted by Crippen LogP contribution is -2.23. The second-order valence-electron chi connectivity index (χ2n) is 8.49. The Bertz CT molecular complexity index is 1600. The third kappa shape index (κ3) is 3.61. The van der Waals surface area contributed by atoms with E-state index in [2.05, 4.69) is 10.3 Å². The fraction of sp³-hybridized carbons (Fsp3) is 0.148. The number of rotatable bonds is 5. The quantitative estimate of drug-likeness (QED) is 0.389. The van der Waals surface area contributed by atoms with Crippen molar-refractivity contribution in [2.24, 2.45) is 7.05 Å². The standard InChI is InChI=1S/C27H24N4O3/c1-16-12-21(17(2)29-23-11-7-6-10-20(23)27(33)34)22-13-24(30(3)26(32)25(22)28-16)31-14-18-8-4-5-9-19(18)15-31/h4-15,17,29H,1-3H3,(H,33,34). The molecular weight excluding hydrogens is 428 g/mol. The van der Waals surface area contributed by atoms with Crippen LogP contribution < -0.4 is 10.9 Å². The minimum atomic E-state index is -0.998. The average molecular weight is 453 g/mol. The van der Waals surface area contributed by atoms with Gasteiger partial charge in [0.1, 0.15) is 11.3 Å². The molecule has 2 N–H and O–H groups in total. The zero-order valence-corrected chi connectivity index (χ0v) is 19.1. The number of carbonyl (C=O) groups is 1. The molecule has 7 heteroatoms. The highest BCUT2D eigenvalue weighted by atomic mass is 16.4. The van der Waals surface area contributed by atoms with Gasteiger partial charge in [0.25, 0.3) is 5.56 Å². The Labute approximate surface area is 195 Å². The van der Waals surface area contributed by atoms with E-state index >= 15 is 0 Å². The van der Waals surface area contributed by atoms with E-state index in [1.165, 1.54) is 0 Å². The van der Waals surface area contributed by atoms with E-state index < -0.39 is 5.97 Å². The van der Waals surface area contributed by atoms with Crippen molar-refractivity contribution in [3.63, 3.8) is 0 Å². The molecule has 0 spiro atoms. The number of fused-ring (bicyclic) bond motifs is 2. The summed E-state index contributed by atoms with van der Waals surface area (Å²) < 4.78 is 3.56. The minimum absolute atomic E-state index is 0.187. The first-order chi connectivity index (χ1) is 16.3. The molecule has 0 fully saturated rings. The van der Waals surface area contributed by atoms with E-state index in [1.54, 1.807) is 35.9 Å². The van der Waals surface area contributed by atoms with E-state index in [0.717, 1.165) is 33.2 Å². The SMILES string of the molecule is Cc1cc(C(C)Nc2ccccc2C(=O)O)c2cc(-n3cc4ccccc4c3)n(C)c(=O)c2n1. The van der Waals surface area contributed by atoms with Gasteiger partial charge < -0.3 is 15.0 Å². The Morgan fingerprint density at radius 3 is 2.35 bits per heavy atom. The summed E-state index contributed by atoms with van der Waals surface area (Å²) >= 11 is 0. The number of para-hydroxylation sites is 1. The first-order valence-electron chi connectivity index (χ1n) is 11.0. The molecule has 5 rings (SSSR count). The molecule has 0 amide bonds. The van der Waals surface area contributed by atoms with Crippen molar-refractivity contribution in [2.45, 2.75) is 19.9 Å². The van der Waals surface area contributed by atoms with Gasteiger partial charge in [0.15, 0.2) is 0 Å². The summed E-state index contributed by atoms with van der Waals surface area (Å²) in [7, 11) is 1.75. The zero-order chi connectivity index (χ0) is 24.0. The van der Waals surface area contributed by atoms with Gasteiger partial charge in [-0.15, -0.1) is 0 Å². The predicted octanol–water partition coefficient (Wildman–Crippen LogP) is 5.06. The van der Waals surface area contributed by atoms with Crippen LogP contribution in [0.1, 0.15) is 34.6 Å². The molecule has 1 unspecified atom stereocenters. The number of nitrogens with zero attached hydrogens (tertiary/aromatic N) is 3. The first kappa shape index (κ1) is 21.5. The number of pyridine rings is 2. The maximum absolute atomic E-state index is 13.4. The van der Waals surface area contributed by atoms with E-state index in [-0.39, 0.29) is 17.2 Å². The van der Waals surface area contributed by atoms with Crippen LogP contribution in [0.5, 0.6) is 0 Å². The fourth-order valence-electron chi connectivity index (χ4n) is 4.44. The fourth-order valence-corrected chi connectivity index (χ4v) is 4.44. The molecular formula is C27H24N4O3. The van der Waals surface area contributed by atoms with Crippen LogP contribution in [0.4, 0.5) is 5.69 Å². The molecule has 34 heavy (non-hydrogen) atoms. The van der Waals surface area contributed by atoms with Crippen LogP contribution in [-0.2, 0) is 7.05 Å². The third-order valence-electron chi connectivity index (χ3n) is 6.16. The number of benzene rings is 2.